The number of halogens is 24. The second kappa shape index (κ2) is 21.1. The SMILES string of the molecule is FC(F)(F)c1cc([B-](c2cc(C(F)(F)F)cc(C(F)(F)F)c2)(c2cc(C(F)(F)F)cc(C(F)(F)F)c2)c2cc(C(F)(F)F)cc(C(F)(F)F)c2)cc(C(F)(F)F)c1.c1ccc(C[n+]2ccc(-c3cc4cccccc-4c3)cc2)cc1. The first-order valence-corrected chi connectivity index (χ1v) is 22.5. The van der Waals surface area contributed by atoms with Crippen molar-refractivity contribution in [2.45, 2.75) is 56.0 Å². The van der Waals surface area contributed by atoms with Gasteiger partial charge in [0.1, 0.15) is 6.15 Å². The third-order valence-corrected chi connectivity index (χ3v) is 12.6. The van der Waals surface area contributed by atoms with Crippen LogP contribution in [0.4, 0.5) is 105 Å². The summed E-state index contributed by atoms with van der Waals surface area (Å²) in [7, 11) is 0. The molecular formula is C54H30BF24N. The molecule has 0 saturated heterocycles. The average molecular weight is 1160 g/mol. The zero-order chi connectivity index (χ0) is 59.4. The summed E-state index contributed by atoms with van der Waals surface area (Å²) in [5.41, 5.74) is -23.8. The van der Waals surface area contributed by atoms with Crippen molar-refractivity contribution in [3.05, 3.63) is 220 Å². The molecule has 0 saturated carbocycles. The summed E-state index contributed by atoms with van der Waals surface area (Å²) in [5, 5.41) is 0. The van der Waals surface area contributed by atoms with Gasteiger partial charge in [0.05, 0.1) is 44.5 Å². The van der Waals surface area contributed by atoms with Crippen molar-refractivity contribution in [3.8, 4) is 22.3 Å². The van der Waals surface area contributed by atoms with Gasteiger partial charge in [0.2, 0.25) is 0 Å². The van der Waals surface area contributed by atoms with Crippen molar-refractivity contribution in [1.82, 2.24) is 0 Å². The molecule has 26 heteroatoms. The van der Waals surface area contributed by atoms with Crippen LogP contribution in [0.25, 0.3) is 22.3 Å². The van der Waals surface area contributed by atoms with Gasteiger partial charge in [0.25, 0.3) is 0 Å². The summed E-state index contributed by atoms with van der Waals surface area (Å²) < 4.78 is 343. The molecule has 1 aromatic heterocycles. The molecule has 0 spiro atoms. The highest BCUT2D eigenvalue weighted by Crippen LogP contribution is 2.42. The number of fused-ring (bicyclic) bond motifs is 1. The molecule has 2 aliphatic rings. The molecule has 0 fully saturated rings. The Morgan fingerprint density at radius 1 is 0.250 bits per heavy atom. The number of nitrogens with zero attached hydrogens (tertiary/aromatic N) is 1. The first-order valence-electron chi connectivity index (χ1n) is 22.5. The summed E-state index contributed by atoms with van der Waals surface area (Å²) >= 11 is 0. The minimum Gasteiger partial charge on any atom is -0.201 e. The molecule has 0 bridgehead atoms. The first kappa shape index (κ1) is 60.0. The average Bonchev–Trinajstić information content (AvgIpc) is 3.13. The molecular weight excluding hydrogens is 1130 g/mol. The number of hydrogen-bond donors (Lipinski definition) is 0. The zero-order valence-electron chi connectivity index (χ0n) is 39.5. The van der Waals surface area contributed by atoms with Crippen LogP contribution >= 0.6 is 0 Å². The Bertz CT molecular complexity index is 2980. The van der Waals surface area contributed by atoms with E-state index < -0.39 is 195 Å². The maximum Gasteiger partial charge on any atom is 0.416 e. The quantitative estimate of drug-likeness (QED) is 0.0851. The van der Waals surface area contributed by atoms with Crippen molar-refractivity contribution >= 4 is 28.0 Å². The Morgan fingerprint density at radius 3 is 0.725 bits per heavy atom. The number of hydrogen-bond acceptors (Lipinski definition) is 0. The molecule has 0 atom stereocenters. The van der Waals surface area contributed by atoms with E-state index in [1.54, 1.807) is 0 Å². The van der Waals surface area contributed by atoms with E-state index in [9.17, 15) is 105 Å². The second-order valence-corrected chi connectivity index (χ2v) is 18.0. The van der Waals surface area contributed by atoms with Gasteiger partial charge >= 0.3 is 49.4 Å². The molecule has 0 radical (unpaired) electrons. The summed E-state index contributed by atoms with van der Waals surface area (Å²) in [6.07, 6.45) is -50.5. The predicted molar refractivity (Wildman–Crippen MR) is 244 cm³/mol. The van der Waals surface area contributed by atoms with Crippen LogP contribution in [0, 0.1) is 0 Å². The second-order valence-electron chi connectivity index (χ2n) is 18.0. The van der Waals surface area contributed by atoms with E-state index in [4.69, 9.17) is 0 Å². The van der Waals surface area contributed by atoms with Crippen molar-refractivity contribution in [2.24, 2.45) is 0 Å². The number of pyridine rings is 1. The van der Waals surface area contributed by atoms with Gasteiger partial charge in [-0.15, -0.1) is 0 Å². The maximum absolute atomic E-state index is 14.2. The lowest BCUT2D eigenvalue weighted by molar-refractivity contribution is -0.688. The Morgan fingerprint density at radius 2 is 0.487 bits per heavy atom. The van der Waals surface area contributed by atoms with Crippen LogP contribution in [0.15, 0.2) is 170 Å². The third-order valence-electron chi connectivity index (χ3n) is 12.6. The van der Waals surface area contributed by atoms with Crippen molar-refractivity contribution in [1.29, 1.82) is 0 Å². The van der Waals surface area contributed by atoms with Crippen molar-refractivity contribution < 1.29 is 110 Å². The van der Waals surface area contributed by atoms with Crippen LogP contribution in [0.1, 0.15) is 50.1 Å². The largest absolute Gasteiger partial charge is 0.416 e. The predicted octanol–water partition coefficient (Wildman–Crippen LogP) is 16.0. The molecule has 0 N–H and O–H groups in total. The van der Waals surface area contributed by atoms with E-state index in [-0.39, 0.29) is 0 Å². The lowest BCUT2D eigenvalue weighted by atomic mass is 9.12. The number of alkyl halides is 24. The van der Waals surface area contributed by atoms with E-state index in [1.165, 1.54) is 27.8 Å². The third kappa shape index (κ3) is 13.5. The van der Waals surface area contributed by atoms with Gasteiger partial charge in [-0.25, -0.2) is 4.57 Å². The lowest BCUT2D eigenvalue weighted by Gasteiger charge is -2.46. The molecule has 0 amide bonds. The summed E-state index contributed by atoms with van der Waals surface area (Å²) in [5.74, 6) is 0. The molecule has 0 unspecified atom stereocenters. The molecule has 80 heavy (non-hydrogen) atoms. The molecule has 422 valence electrons. The number of rotatable bonds is 7. The molecule has 5 aromatic carbocycles. The number of benzene rings is 5. The van der Waals surface area contributed by atoms with Gasteiger partial charge in [-0.1, -0.05) is 109 Å². The highest BCUT2D eigenvalue weighted by atomic mass is 19.4. The van der Waals surface area contributed by atoms with Crippen LogP contribution in [-0.2, 0) is 56.0 Å². The number of aromatic nitrogens is 1. The van der Waals surface area contributed by atoms with E-state index in [1.807, 2.05) is 0 Å². The normalized spacial score (nSPS) is 13.3. The molecule has 1 nitrogen and oxygen atoms in total. The summed E-state index contributed by atoms with van der Waals surface area (Å²) in [6, 6.07) is 21.2. The topological polar surface area (TPSA) is 3.88 Å². The molecule has 8 rings (SSSR count). The monoisotopic (exact) mass is 1160 g/mol. The van der Waals surface area contributed by atoms with Gasteiger partial charge in [-0.2, -0.15) is 127 Å². The van der Waals surface area contributed by atoms with Gasteiger partial charge in [0.15, 0.2) is 18.9 Å². The van der Waals surface area contributed by atoms with Crippen LogP contribution < -0.4 is 26.4 Å². The maximum atomic E-state index is 14.2. The van der Waals surface area contributed by atoms with E-state index in [0.717, 1.165) is 6.54 Å². The van der Waals surface area contributed by atoms with Crippen LogP contribution in [0.3, 0.4) is 0 Å². The first-order chi connectivity index (χ1) is 36.6. The Labute approximate surface area is 435 Å². The molecule has 2 aliphatic carbocycles. The molecule has 0 aliphatic heterocycles. The van der Waals surface area contributed by atoms with Crippen molar-refractivity contribution in [3.63, 3.8) is 0 Å². The lowest BCUT2D eigenvalue weighted by Crippen LogP contribution is -2.75. The van der Waals surface area contributed by atoms with Crippen LogP contribution in [0.5, 0.6) is 0 Å². The summed E-state index contributed by atoms with van der Waals surface area (Å²) in [6.45, 7) is 0.903. The molecule has 1 heterocycles. The fraction of sp³-hybridized carbons (Fsp3) is 0.167. The zero-order valence-corrected chi connectivity index (χ0v) is 39.5. The Kier molecular flexibility index (Phi) is 15.8. The van der Waals surface area contributed by atoms with Crippen LogP contribution in [-0.4, -0.2) is 6.15 Å². The highest BCUT2D eigenvalue weighted by molar-refractivity contribution is 7.20. The summed E-state index contributed by atoms with van der Waals surface area (Å²) in [4.78, 5) is 0. The fourth-order valence-corrected chi connectivity index (χ4v) is 9.00. The molecule has 6 aromatic rings. The Hall–Kier alpha value is -7.67. The van der Waals surface area contributed by atoms with Gasteiger partial charge in [-0.05, 0) is 58.7 Å². The van der Waals surface area contributed by atoms with E-state index in [2.05, 4.69) is 102 Å². The van der Waals surface area contributed by atoms with Crippen LogP contribution in [0.2, 0.25) is 0 Å². The Balaban J connectivity index is 0.000000329. The van der Waals surface area contributed by atoms with Gasteiger partial charge in [0, 0.05) is 17.7 Å². The van der Waals surface area contributed by atoms with E-state index >= 15 is 0 Å². The van der Waals surface area contributed by atoms with E-state index in [0.29, 0.717) is 0 Å². The van der Waals surface area contributed by atoms with Crippen molar-refractivity contribution in [2.75, 3.05) is 0 Å². The minimum atomic E-state index is -6.13. The smallest absolute Gasteiger partial charge is 0.201 e. The fourth-order valence-electron chi connectivity index (χ4n) is 9.00. The minimum absolute atomic E-state index is 0.691. The highest BCUT2D eigenvalue weighted by Gasteiger charge is 2.47. The van der Waals surface area contributed by atoms with Gasteiger partial charge in [-0.3, -0.25) is 0 Å². The standard InChI is InChI=1S/C32H12BF24.C22H18N/c34-25(35,36)13-1-14(26(37,38)39)6-21(5-13)33(22-7-15(27(40,41)42)2-16(8-22)28(43,44)45,23-9-17(29(46,47)48)3-18(10-23)30(49,50)51)24-11-19(31(52,53)54)4-20(12-24)32(55,56)57;1-3-7-18(8-4-1)17-23-13-11-19(12-14-23)22-15-20-9-5-2-6-10-21(20)16-22/h1-12H;1-16H,17H2/q-1;+1. The van der Waals surface area contributed by atoms with Gasteiger partial charge < -0.3 is 0 Å².